The molecule has 1 fully saturated rings. The van der Waals surface area contributed by atoms with Gasteiger partial charge in [-0.25, -0.2) is 0 Å². The standard InChI is InChI=1S/C17H24N2O/c1-12(14-9-10-18-11-14)19-17(20)16-8-4-6-13-5-2-3-7-15(13)16/h2-3,5,7,12,14,16,18H,4,6,8-11H2,1H3,(H,19,20). The van der Waals surface area contributed by atoms with Crippen LogP contribution in [0.2, 0.25) is 0 Å². The summed E-state index contributed by atoms with van der Waals surface area (Å²) < 4.78 is 0. The molecule has 0 saturated carbocycles. The van der Waals surface area contributed by atoms with Crippen LogP contribution in [0.1, 0.15) is 43.2 Å². The van der Waals surface area contributed by atoms with Gasteiger partial charge < -0.3 is 10.6 Å². The number of nitrogens with one attached hydrogen (secondary N) is 2. The Bertz CT molecular complexity index is 480. The molecular weight excluding hydrogens is 248 g/mol. The fourth-order valence-electron chi connectivity index (χ4n) is 3.57. The molecule has 1 saturated heterocycles. The Balaban J connectivity index is 1.68. The summed E-state index contributed by atoms with van der Waals surface area (Å²) in [5, 5.41) is 6.62. The average molecular weight is 272 g/mol. The Morgan fingerprint density at radius 2 is 2.20 bits per heavy atom. The van der Waals surface area contributed by atoms with E-state index in [2.05, 4.69) is 41.8 Å². The van der Waals surface area contributed by atoms with Crippen molar-refractivity contribution in [3.63, 3.8) is 0 Å². The van der Waals surface area contributed by atoms with Gasteiger partial charge in [0.15, 0.2) is 0 Å². The van der Waals surface area contributed by atoms with Gasteiger partial charge >= 0.3 is 0 Å². The molecule has 1 amide bonds. The number of fused-ring (bicyclic) bond motifs is 1. The minimum Gasteiger partial charge on any atom is -0.353 e. The molecule has 0 bridgehead atoms. The van der Waals surface area contributed by atoms with E-state index in [1.165, 1.54) is 17.5 Å². The van der Waals surface area contributed by atoms with Gasteiger partial charge in [-0.3, -0.25) is 4.79 Å². The second-order valence-corrected chi connectivity index (χ2v) is 6.19. The summed E-state index contributed by atoms with van der Waals surface area (Å²) in [6.45, 7) is 4.25. The van der Waals surface area contributed by atoms with Crippen molar-refractivity contribution in [1.82, 2.24) is 10.6 Å². The van der Waals surface area contributed by atoms with Crippen LogP contribution in [0.15, 0.2) is 24.3 Å². The van der Waals surface area contributed by atoms with Crippen molar-refractivity contribution < 1.29 is 4.79 Å². The van der Waals surface area contributed by atoms with Crippen LogP contribution >= 0.6 is 0 Å². The molecule has 1 heterocycles. The normalized spacial score (nSPS) is 26.9. The number of hydrogen-bond donors (Lipinski definition) is 2. The first-order valence-electron chi connectivity index (χ1n) is 7.84. The molecule has 2 aliphatic rings. The molecular formula is C17H24N2O. The van der Waals surface area contributed by atoms with Gasteiger partial charge in [-0.1, -0.05) is 24.3 Å². The summed E-state index contributed by atoms with van der Waals surface area (Å²) >= 11 is 0. The Kier molecular flexibility index (Phi) is 4.06. The quantitative estimate of drug-likeness (QED) is 0.886. The first-order valence-corrected chi connectivity index (χ1v) is 7.84. The largest absolute Gasteiger partial charge is 0.353 e. The molecule has 3 unspecified atom stereocenters. The van der Waals surface area contributed by atoms with E-state index in [1.54, 1.807) is 0 Å². The number of carbonyl (C=O) groups excluding carboxylic acids is 1. The highest BCUT2D eigenvalue weighted by Gasteiger charge is 2.29. The van der Waals surface area contributed by atoms with Gasteiger partial charge in [0.1, 0.15) is 0 Å². The number of carbonyl (C=O) groups is 1. The van der Waals surface area contributed by atoms with Crippen molar-refractivity contribution in [2.45, 2.75) is 44.6 Å². The van der Waals surface area contributed by atoms with E-state index in [0.717, 1.165) is 32.4 Å². The molecule has 0 aromatic heterocycles. The van der Waals surface area contributed by atoms with Crippen molar-refractivity contribution in [3.05, 3.63) is 35.4 Å². The van der Waals surface area contributed by atoms with Crippen LogP contribution in [-0.2, 0) is 11.2 Å². The Labute approximate surface area is 121 Å². The van der Waals surface area contributed by atoms with Crippen LogP contribution in [0.5, 0.6) is 0 Å². The van der Waals surface area contributed by atoms with E-state index in [-0.39, 0.29) is 17.9 Å². The molecule has 20 heavy (non-hydrogen) atoms. The predicted octanol–water partition coefficient (Wildman–Crippen LogP) is 2.22. The molecule has 0 spiro atoms. The molecule has 108 valence electrons. The van der Waals surface area contributed by atoms with E-state index < -0.39 is 0 Å². The summed E-state index contributed by atoms with van der Waals surface area (Å²) in [4.78, 5) is 12.6. The highest BCUT2D eigenvalue weighted by Crippen LogP contribution is 2.31. The second-order valence-electron chi connectivity index (χ2n) is 6.19. The van der Waals surface area contributed by atoms with Crippen LogP contribution in [0, 0.1) is 5.92 Å². The first-order chi connectivity index (χ1) is 9.75. The topological polar surface area (TPSA) is 41.1 Å². The minimum absolute atomic E-state index is 0.0526. The monoisotopic (exact) mass is 272 g/mol. The Hall–Kier alpha value is -1.35. The van der Waals surface area contributed by atoms with Gasteiger partial charge in [0.25, 0.3) is 0 Å². The molecule has 3 heteroatoms. The van der Waals surface area contributed by atoms with Crippen LogP contribution < -0.4 is 10.6 Å². The predicted molar refractivity (Wildman–Crippen MR) is 80.7 cm³/mol. The van der Waals surface area contributed by atoms with E-state index >= 15 is 0 Å². The minimum atomic E-state index is 0.0526. The summed E-state index contributed by atoms with van der Waals surface area (Å²) in [6.07, 6.45) is 4.39. The maximum Gasteiger partial charge on any atom is 0.227 e. The van der Waals surface area contributed by atoms with Gasteiger partial charge in [0.2, 0.25) is 5.91 Å². The van der Waals surface area contributed by atoms with Crippen molar-refractivity contribution >= 4 is 5.91 Å². The molecule has 1 aliphatic carbocycles. The van der Waals surface area contributed by atoms with E-state index in [1.807, 2.05) is 0 Å². The van der Waals surface area contributed by atoms with Crippen LogP contribution in [0.25, 0.3) is 0 Å². The molecule has 1 aromatic rings. The van der Waals surface area contributed by atoms with E-state index in [4.69, 9.17) is 0 Å². The van der Waals surface area contributed by atoms with E-state index in [9.17, 15) is 4.79 Å². The molecule has 1 aromatic carbocycles. The van der Waals surface area contributed by atoms with Crippen molar-refractivity contribution in [3.8, 4) is 0 Å². The third kappa shape index (κ3) is 2.73. The lowest BCUT2D eigenvalue weighted by Gasteiger charge is -2.27. The lowest BCUT2D eigenvalue weighted by molar-refractivity contribution is -0.123. The smallest absolute Gasteiger partial charge is 0.227 e. The van der Waals surface area contributed by atoms with Gasteiger partial charge in [0.05, 0.1) is 5.92 Å². The lowest BCUT2D eigenvalue weighted by atomic mass is 9.82. The number of amides is 1. The van der Waals surface area contributed by atoms with E-state index in [0.29, 0.717) is 5.92 Å². The molecule has 1 aliphatic heterocycles. The molecule has 3 rings (SSSR count). The maximum absolute atomic E-state index is 12.6. The van der Waals surface area contributed by atoms with Crippen molar-refractivity contribution in [1.29, 1.82) is 0 Å². The van der Waals surface area contributed by atoms with Gasteiger partial charge in [0, 0.05) is 6.04 Å². The third-order valence-corrected chi connectivity index (χ3v) is 4.86. The second kappa shape index (κ2) is 5.96. The van der Waals surface area contributed by atoms with Gasteiger partial charge in [-0.15, -0.1) is 0 Å². The molecule has 0 radical (unpaired) electrons. The summed E-state index contributed by atoms with van der Waals surface area (Å²) in [5.74, 6) is 0.853. The van der Waals surface area contributed by atoms with Crippen LogP contribution in [0.4, 0.5) is 0 Å². The summed E-state index contributed by atoms with van der Waals surface area (Å²) in [5.41, 5.74) is 2.60. The van der Waals surface area contributed by atoms with Crippen molar-refractivity contribution in [2.24, 2.45) is 5.92 Å². The zero-order valence-electron chi connectivity index (χ0n) is 12.2. The fourth-order valence-corrected chi connectivity index (χ4v) is 3.57. The zero-order valence-corrected chi connectivity index (χ0v) is 12.2. The number of benzene rings is 1. The summed E-state index contributed by atoms with van der Waals surface area (Å²) in [7, 11) is 0. The molecule has 2 N–H and O–H groups in total. The van der Waals surface area contributed by atoms with Gasteiger partial charge in [-0.2, -0.15) is 0 Å². The van der Waals surface area contributed by atoms with Crippen LogP contribution in [-0.4, -0.2) is 25.0 Å². The number of hydrogen-bond acceptors (Lipinski definition) is 2. The first kappa shape index (κ1) is 13.6. The van der Waals surface area contributed by atoms with Crippen molar-refractivity contribution in [2.75, 3.05) is 13.1 Å². The Morgan fingerprint density at radius 1 is 1.35 bits per heavy atom. The average Bonchev–Trinajstić information content (AvgIpc) is 3.01. The molecule has 3 atom stereocenters. The maximum atomic E-state index is 12.6. The zero-order chi connectivity index (χ0) is 13.9. The highest BCUT2D eigenvalue weighted by molar-refractivity contribution is 5.84. The highest BCUT2D eigenvalue weighted by atomic mass is 16.1. The third-order valence-electron chi connectivity index (χ3n) is 4.86. The molecule has 3 nitrogen and oxygen atoms in total. The van der Waals surface area contributed by atoms with Gasteiger partial charge in [-0.05, 0) is 62.7 Å². The Morgan fingerprint density at radius 3 is 3.00 bits per heavy atom. The fraction of sp³-hybridized carbons (Fsp3) is 0.588. The number of aryl methyl sites for hydroxylation is 1. The SMILES string of the molecule is CC(NC(=O)C1CCCc2ccccc21)C1CCNC1. The van der Waals surface area contributed by atoms with Crippen LogP contribution in [0.3, 0.4) is 0 Å². The lowest BCUT2D eigenvalue weighted by Crippen LogP contribution is -2.42. The summed E-state index contributed by atoms with van der Waals surface area (Å²) in [6, 6.07) is 8.69. The number of rotatable bonds is 3.